The number of unbranched alkanes of at least 4 members (excludes halogenated alkanes) is 1. The van der Waals surface area contributed by atoms with Crippen LogP contribution in [0.5, 0.6) is 0 Å². The minimum absolute atomic E-state index is 0.211. The van der Waals surface area contributed by atoms with Gasteiger partial charge in [-0.15, -0.1) is 0 Å². The molecule has 2 aromatic carbocycles. The van der Waals surface area contributed by atoms with Crippen molar-refractivity contribution in [1.29, 1.82) is 0 Å². The molecular formula is C23H24ClN3OS. The Morgan fingerprint density at radius 2 is 1.76 bits per heavy atom. The van der Waals surface area contributed by atoms with E-state index in [9.17, 15) is 4.79 Å². The first-order valence-corrected chi connectivity index (χ1v) is 10.8. The number of anilines is 1. The minimum Gasteiger partial charge on any atom is -0.319 e. The maximum Gasteiger partial charge on any atom is 0.255 e. The fourth-order valence-electron chi connectivity index (χ4n) is 2.75. The Balaban J connectivity index is 1.48. The molecule has 0 saturated heterocycles. The van der Waals surface area contributed by atoms with E-state index in [4.69, 9.17) is 11.6 Å². The summed E-state index contributed by atoms with van der Waals surface area (Å²) < 4.78 is 3.37. The first-order valence-electron chi connectivity index (χ1n) is 9.64. The van der Waals surface area contributed by atoms with Gasteiger partial charge in [-0.2, -0.15) is 0 Å². The number of hydrogen-bond acceptors (Lipinski definition) is 4. The van der Waals surface area contributed by atoms with Crippen molar-refractivity contribution in [3.05, 3.63) is 88.7 Å². The lowest BCUT2D eigenvalue weighted by Gasteiger charge is -2.08. The van der Waals surface area contributed by atoms with Gasteiger partial charge in [0.1, 0.15) is 0 Å². The molecule has 6 heteroatoms. The lowest BCUT2D eigenvalue weighted by molar-refractivity contribution is 0.102. The van der Waals surface area contributed by atoms with E-state index in [1.54, 1.807) is 24.2 Å². The molecule has 3 rings (SSSR count). The molecule has 0 atom stereocenters. The van der Waals surface area contributed by atoms with Gasteiger partial charge in [-0.05, 0) is 66.2 Å². The Labute approximate surface area is 181 Å². The number of amides is 1. The van der Waals surface area contributed by atoms with Crippen molar-refractivity contribution in [2.45, 2.75) is 37.6 Å². The summed E-state index contributed by atoms with van der Waals surface area (Å²) in [6.07, 6.45) is 6.70. The highest BCUT2D eigenvalue weighted by Crippen LogP contribution is 2.20. The van der Waals surface area contributed by atoms with Gasteiger partial charge < -0.3 is 5.32 Å². The second-order valence-electron chi connectivity index (χ2n) is 6.68. The fourth-order valence-corrected chi connectivity index (χ4v) is 3.58. The normalized spacial score (nSPS) is 10.7. The predicted molar refractivity (Wildman–Crippen MR) is 121 cm³/mol. The third kappa shape index (κ3) is 6.60. The highest BCUT2D eigenvalue weighted by Gasteiger charge is 2.08. The molecule has 150 valence electrons. The zero-order valence-corrected chi connectivity index (χ0v) is 17.9. The van der Waals surface area contributed by atoms with E-state index >= 15 is 0 Å². The number of aryl methyl sites for hydroxylation is 1. The van der Waals surface area contributed by atoms with Gasteiger partial charge in [0.25, 0.3) is 5.91 Å². The molecule has 0 spiro atoms. The van der Waals surface area contributed by atoms with Crippen molar-refractivity contribution in [2.24, 2.45) is 0 Å². The molecule has 0 saturated carbocycles. The van der Waals surface area contributed by atoms with Crippen LogP contribution in [0.4, 0.5) is 5.69 Å². The van der Waals surface area contributed by atoms with Crippen molar-refractivity contribution in [3.63, 3.8) is 0 Å². The van der Waals surface area contributed by atoms with Gasteiger partial charge >= 0.3 is 0 Å². The molecule has 29 heavy (non-hydrogen) atoms. The lowest BCUT2D eigenvalue weighted by atomic mass is 10.1. The average Bonchev–Trinajstić information content (AvgIpc) is 2.75. The van der Waals surface area contributed by atoms with Gasteiger partial charge in [-0.25, -0.2) is 0 Å². The third-order valence-electron chi connectivity index (χ3n) is 4.44. The molecule has 0 unspecified atom stereocenters. The maximum atomic E-state index is 12.4. The number of nitrogens with one attached hydrogen (secondary N) is 2. The standard InChI is InChI=1S/C23H24ClN3OS/c1-2-3-4-17-7-11-20(12-8-17)29-26-15-18-5-9-19(10-6-18)23(28)27-22-16-25-14-13-21(22)24/h5-14,16,26H,2-4,15H2,1H3,(H,27,28). The smallest absolute Gasteiger partial charge is 0.255 e. The number of halogens is 1. The number of nitrogens with zero attached hydrogens (tertiary/aromatic N) is 1. The molecule has 0 radical (unpaired) electrons. The molecule has 0 aliphatic rings. The second kappa shape index (κ2) is 11.0. The van der Waals surface area contributed by atoms with Crippen LogP contribution in [0.25, 0.3) is 0 Å². The molecule has 1 amide bonds. The summed E-state index contributed by atoms with van der Waals surface area (Å²) in [5.41, 5.74) is 3.57. The van der Waals surface area contributed by atoms with Crippen molar-refractivity contribution < 1.29 is 4.79 Å². The van der Waals surface area contributed by atoms with E-state index in [0.717, 1.165) is 12.0 Å². The molecule has 1 heterocycles. The number of benzene rings is 2. The number of carbonyl (C=O) groups is 1. The number of aromatic nitrogens is 1. The van der Waals surface area contributed by atoms with Crippen molar-refractivity contribution in [3.8, 4) is 0 Å². The zero-order valence-electron chi connectivity index (χ0n) is 16.3. The van der Waals surface area contributed by atoms with Gasteiger partial charge in [-0.1, -0.05) is 49.2 Å². The number of pyridine rings is 1. The molecular weight excluding hydrogens is 402 g/mol. The number of carbonyl (C=O) groups excluding carboxylic acids is 1. The van der Waals surface area contributed by atoms with E-state index in [1.807, 2.05) is 24.3 Å². The number of rotatable bonds is 9. The van der Waals surface area contributed by atoms with E-state index in [0.29, 0.717) is 22.8 Å². The predicted octanol–water partition coefficient (Wildman–Crippen LogP) is 6.13. The van der Waals surface area contributed by atoms with Crippen molar-refractivity contribution in [1.82, 2.24) is 9.71 Å². The second-order valence-corrected chi connectivity index (χ2v) is 8.05. The Hall–Kier alpha value is -2.34. The third-order valence-corrected chi connectivity index (χ3v) is 5.57. The minimum atomic E-state index is -0.211. The van der Waals surface area contributed by atoms with Gasteiger partial charge in [0.15, 0.2) is 0 Å². The van der Waals surface area contributed by atoms with Crippen LogP contribution in [0.2, 0.25) is 5.02 Å². The van der Waals surface area contributed by atoms with E-state index < -0.39 is 0 Å². The van der Waals surface area contributed by atoms with Gasteiger partial charge in [0.05, 0.1) is 16.9 Å². The summed E-state index contributed by atoms with van der Waals surface area (Å²) in [5.74, 6) is -0.211. The molecule has 0 fully saturated rings. The quantitative estimate of drug-likeness (QED) is 0.405. The van der Waals surface area contributed by atoms with Crippen LogP contribution in [0, 0.1) is 0 Å². The Morgan fingerprint density at radius 3 is 2.45 bits per heavy atom. The molecule has 0 bridgehead atoms. The molecule has 3 aromatic rings. The summed E-state index contributed by atoms with van der Waals surface area (Å²) in [6, 6.07) is 17.8. The van der Waals surface area contributed by atoms with Crippen LogP contribution in [0.15, 0.2) is 71.9 Å². The highest BCUT2D eigenvalue weighted by atomic mass is 35.5. The average molecular weight is 426 g/mol. The fraction of sp³-hybridized carbons (Fsp3) is 0.217. The van der Waals surface area contributed by atoms with Gasteiger partial charge in [-0.3, -0.25) is 14.5 Å². The summed E-state index contributed by atoms with van der Waals surface area (Å²) in [5, 5.41) is 3.24. The van der Waals surface area contributed by atoms with Crippen LogP contribution in [-0.4, -0.2) is 10.9 Å². The summed E-state index contributed by atoms with van der Waals surface area (Å²) >= 11 is 7.67. The first-order chi connectivity index (χ1) is 14.2. The van der Waals surface area contributed by atoms with Crippen molar-refractivity contribution in [2.75, 3.05) is 5.32 Å². The molecule has 4 nitrogen and oxygen atoms in total. The van der Waals surface area contributed by atoms with Crippen LogP contribution in [0.1, 0.15) is 41.3 Å². The van der Waals surface area contributed by atoms with Crippen LogP contribution in [-0.2, 0) is 13.0 Å². The maximum absolute atomic E-state index is 12.4. The largest absolute Gasteiger partial charge is 0.319 e. The van der Waals surface area contributed by atoms with Crippen LogP contribution < -0.4 is 10.0 Å². The van der Waals surface area contributed by atoms with E-state index in [1.165, 1.54) is 29.5 Å². The van der Waals surface area contributed by atoms with Gasteiger partial charge in [0.2, 0.25) is 0 Å². The molecule has 1 aromatic heterocycles. The first kappa shape index (κ1) is 21.4. The van der Waals surface area contributed by atoms with Gasteiger partial charge in [0, 0.05) is 23.2 Å². The van der Waals surface area contributed by atoms with Crippen LogP contribution >= 0.6 is 23.5 Å². The molecule has 2 N–H and O–H groups in total. The molecule has 0 aliphatic carbocycles. The van der Waals surface area contributed by atoms with E-state index in [-0.39, 0.29) is 5.91 Å². The highest BCUT2D eigenvalue weighted by molar-refractivity contribution is 7.97. The van der Waals surface area contributed by atoms with Crippen LogP contribution in [0.3, 0.4) is 0 Å². The Kier molecular flexibility index (Phi) is 8.11. The van der Waals surface area contributed by atoms with E-state index in [2.05, 4.69) is 46.2 Å². The summed E-state index contributed by atoms with van der Waals surface area (Å²) in [4.78, 5) is 17.5. The SMILES string of the molecule is CCCCc1ccc(SNCc2ccc(C(=O)Nc3cnccc3Cl)cc2)cc1. The topological polar surface area (TPSA) is 54.0 Å². The lowest BCUT2D eigenvalue weighted by Crippen LogP contribution is -2.12. The summed E-state index contributed by atoms with van der Waals surface area (Å²) in [7, 11) is 0. The zero-order chi connectivity index (χ0) is 20.5. The monoisotopic (exact) mass is 425 g/mol. The van der Waals surface area contributed by atoms with Crippen molar-refractivity contribution >= 4 is 35.1 Å². The Bertz CT molecular complexity index is 930. The summed E-state index contributed by atoms with van der Waals surface area (Å²) in [6.45, 7) is 2.92. The molecule has 0 aliphatic heterocycles. The Morgan fingerprint density at radius 1 is 1.03 bits per heavy atom. The number of hydrogen-bond donors (Lipinski definition) is 2.